The van der Waals surface area contributed by atoms with E-state index in [0.717, 1.165) is 15.4 Å². The minimum Gasteiger partial charge on any atom is -0.255 e. The van der Waals surface area contributed by atoms with E-state index in [2.05, 4.69) is 27.0 Å². The quantitative estimate of drug-likeness (QED) is 0.701. The first-order chi connectivity index (χ1) is 6.31. The van der Waals surface area contributed by atoms with Gasteiger partial charge in [-0.25, -0.2) is 0 Å². The monoisotopic (exact) mass is 232 g/mol. The molecule has 13 heavy (non-hydrogen) atoms. The SMILES string of the molecule is N#Cc1cccc2ncc(Br)cc12. The second kappa shape index (κ2) is 3.15. The Balaban J connectivity index is 2.89. The second-order valence-electron chi connectivity index (χ2n) is 2.64. The van der Waals surface area contributed by atoms with Gasteiger partial charge in [-0.05, 0) is 34.1 Å². The van der Waals surface area contributed by atoms with Crippen LogP contribution in [0.2, 0.25) is 0 Å². The van der Waals surface area contributed by atoms with Crippen molar-refractivity contribution in [3.05, 3.63) is 40.5 Å². The maximum atomic E-state index is 8.83. The summed E-state index contributed by atoms with van der Waals surface area (Å²) in [5.74, 6) is 0. The molecule has 0 unspecified atom stereocenters. The molecule has 0 saturated carbocycles. The Bertz CT molecular complexity index is 500. The number of hydrogen-bond donors (Lipinski definition) is 0. The van der Waals surface area contributed by atoms with Gasteiger partial charge in [-0.2, -0.15) is 5.26 Å². The third-order valence-corrected chi connectivity index (χ3v) is 2.25. The zero-order valence-electron chi connectivity index (χ0n) is 6.66. The number of pyridine rings is 1. The van der Waals surface area contributed by atoms with Crippen LogP contribution in [0.25, 0.3) is 10.9 Å². The first-order valence-electron chi connectivity index (χ1n) is 3.75. The van der Waals surface area contributed by atoms with Gasteiger partial charge in [-0.3, -0.25) is 4.98 Å². The smallest absolute Gasteiger partial charge is 0.0998 e. The van der Waals surface area contributed by atoms with Crippen LogP contribution in [0.15, 0.2) is 34.9 Å². The highest BCUT2D eigenvalue weighted by Gasteiger charge is 2.00. The number of halogens is 1. The Labute approximate surface area is 84.0 Å². The number of rotatable bonds is 0. The maximum Gasteiger partial charge on any atom is 0.0998 e. The van der Waals surface area contributed by atoms with Crippen LogP contribution in [0.1, 0.15) is 5.56 Å². The molecule has 0 N–H and O–H groups in total. The van der Waals surface area contributed by atoms with Crippen molar-refractivity contribution in [2.45, 2.75) is 0 Å². The number of fused-ring (bicyclic) bond motifs is 1. The van der Waals surface area contributed by atoms with E-state index < -0.39 is 0 Å². The Morgan fingerprint density at radius 2 is 2.23 bits per heavy atom. The lowest BCUT2D eigenvalue weighted by Gasteiger charge is -1.98. The molecule has 0 amide bonds. The second-order valence-corrected chi connectivity index (χ2v) is 3.55. The maximum absolute atomic E-state index is 8.83. The molecule has 2 rings (SSSR count). The summed E-state index contributed by atoms with van der Waals surface area (Å²) in [6.07, 6.45) is 1.73. The summed E-state index contributed by atoms with van der Waals surface area (Å²) in [6, 6.07) is 9.55. The topological polar surface area (TPSA) is 36.7 Å². The molecule has 3 heteroatoms. The van der Waals surface area contributed by atoms with Crippen LogP contribution in [0, 0.1) is 11.3 Å². The zero-order chi connectivity index (χ0) is 9.26. The van der Waals surface area contributed by atoms with Crippen molar-refractivity contribution < 1.29 is 0 Å². The summed E-state index contributed by atoms with van der Waals surface area (Å²) in [6.45, 7) is 0. The molecule has 0 spiro atoms. The molecule has 0 aliphatic heterocycles. The van der Waals surface area contributed by atoms with Gasteiger partial charge in [0, 0.05) is 16.1 Å². The van der Waals surface area contributed by atoms with Gasteiger partial charge >= 0.3 is 0 Å². The third-order valence-electron chi connectivity index (χ3n) is 1.81. The van der Waals surface area contributed by atoms with Gasteiger partial charge in [0.1, 0.15) is 0 Å². The van der Waals surface area contributed by atoms with Crippen molar-refractivity contribution in [2.24, 2.45) is 0 Å². The average molecular weight is 233 g/mol. The lowest BCUT2D eigenvalue weighted by atomic mass is 10.1. The van der Waals surface area contributed by atoms with Crippen LogP contribution < -0.4 is 0 Å². The van der Waals surface area contributed by atoms with E-state index >= 15 is 0 Å². The van der Waals surface area contributed by atoms with E-state index in [4.69, 9.17) is 5.26 Å². The van der Waals surface area contributed by atoms with E-state index in [-0.39, 0.29) is 0 Å². The molecule has 1 aromatic heterocycles. The molecule has 0 fully saturated rings. The van der Waals surface area contributed by atoms with Crippen LogP contribution in [0.3, 0.4) is 0 Å². The van der Waals surface area contributed by atoms with Gasteiger partial charge in [0.15, 0.2) is 0 Å². The predicted molar refractivity (Wildman–Crippen MR) is 54.2 cm³/mol. The molecular weight excluding hydrogens is 228 g/mol. The highest BCUT2D eigenvalue weighted by molar-refractivity contribution is 9.10. The van der Waals surface area contributed by atoms with E-state index in [1.165, 1.54) is 0 Å². The Morgan fingerprint density at radius 1 is 1.38 bits per heavy atom. The number of hydrogen-bond acceptors (Lipinski definition) is 2. The van der Waals surface area contributed by atoms with Crippen molar-refractivity contribution in [1.29, 1.82) is 5.26 Å². The van der Waals surface area contributed by atoms with E-state index in [1.54, 1.807) is 12.3 Å². The van der Waals surface area contributed by atoms with E-state index in [1.807, 2.05) is 18.2 Å². The molecule has 1 heterocycles. The Hall–Kier alpha value is -1.40. The number of benzene rings is 1. The number of nitrogens with zero attached hydrogens (tertiary/aromatic N) is 2. The van der Waals surface area contributed by atoms with Gasteiger partial charge in [-0.1, -0.05) is 6.07 Å². The van der Waals surface area contributed by atoms with Crippen LogP contribution in [-0.4, -0.2) is 4.98 Å². The van der Waals surface area contributed by atoms with Crippen LogP contribution in [0.5, 0.6) is 0 Å². The van der Waals surface area contributed by atoms with Crippen molar-refractivity contribution in [2.75, 3.05) is 0 Å². The van der Waals surface area contributed by atoms with E-state index in [0.29, 0.717) is 5.56 Å². The normalized spacial score (nSPS) is 9.85. The number of aromatic nitrogens is 1. The molecule has 0 bridgehead atoms. The molecular formula is C10H5BrN2. The molecule has 0 saturated heterocycles. The van der Waals surface area contributed by atoms with Crippen LogP contribution >= 0.6 is 15.9 Å². The van der Waals surface area contributed by atoms with Crippen molar-refractivity contribution in [1.82, 2.24) is 4.98 Å². The van der Waals surface area contributed by atoms with Gasteiger partial charge in [0.25, 0.3) is 0 Å². The molecule has 0 aliphatic rings. The Morgan fingerprint density at radius 3 is 3.00 bits per heavy atom. The summed E-state index contributed by atoms with van der Waals surface area (Å²) < 4.78 is 0.891. The summed E-state index contributed by atoms with van der Waals surface area (Å²) in [5.41, 5.74) is 1.51. The van der Waals surface area contributed by atoms with Crippen LogP contribution in [0.4, 0.5) is 0 Å². The van der Waals surface area contributed by atoms with Crippen molar-refractivity contribution in [3.63, 3.8) is 0 Å². The minimum absolute atomic E-state index is 0.659. The first-order valence-corrected chi connectivity index (χ1v) is 4.55. The lowest BCUT2D eigenvalue weighted by molar-refractivity contribution is 1.38. The molecule has 1 aromatic carbocycles. The summed E-state index contributed by atoms with van der Waals surface area (Å²) in [4.78, 5) is 4.19. The first kappa shape index (κ1) is 8.21. The molecule has 62 valence electrons. The molecule has 2 aromatic rings. The fourth-order valence-electron chi connectivity index (χ4n) is 1.22. The number of nitriles is 1. The lowest BCUT2D eigenvalue weighted by Crippen LogP contribution is -1.82. The summed E-state index contributed by atoms with van der Waals surface area (Å²) in [5, 5.41) is 9.72. The van der Waals surface area contributed by atoms with Gasteiger partial charge in [0.05, 0.1) is 17.1 Å². The van der Waals surface area contributed by atoms with Crippen molar-refractivity contribution >= 4 is 26.8 Å². The average Bonchev–Trinajstić information content (AvgIpc) is 2.17. The molecule has 2 nitrogen and oxygen atoms in total. The zero-order valence-corrected chi connectivity index (χ0v) is 8.25. The fraction of sp³-hybridized carbons (Fsp3) is 0. The third kappa shape index (κ3) is 1.41. The largest absolute Gasteiger partial charge is 0.255 e. The van der Waals surface area contributed by atoms with Gasteiger partial charge in [0.2, 0.25) is 0 Å². The standard InChI is InChI=1S/C10H5BrN2/c11-8-4-9-7(5-12)2-1-3-10(9)13-6-8/h1-4,6H. The molecule has 0 atom stereocenters. The van der Waals surface area contributed by atoms with Crippen molar-refractivity contribution in [3.8, 4) is 6.07 Å². The highest BCUT2D eigenvalue weighted by Crippen LogP contribution is 2.20. The van der Waals surface area contributed by atoms with Crippen LogP contribution in [-0.2, 0) is 0 Å². The fourth-order valence-corrected chi connectivity index (χ4v) is 1.55. The molecule has 0 radical (unpaired) electrons. The van der Waals surface area contributed by atoms with Gasteiger partial charge < -0.3 is 0 Å². The van der Waals surface area contributed by atoms with E-state index in [9.17, 15) is 0 Å². The highest BCUT2D eigenvalue weighted by atomic mass is 79.9. The minimum atomic E-state index is 0.659. The summed E-state index contributed by atoms with van der Waals surface area (Å²) in [7, 11) is 0. The predicted octanol–water partition coefficient (Wildman–Crippen LogP) is 2.87. The van der Waals surface area contributed by atoms with Gasteiger partial charge in [-0.15, -0.1) is 0 Å². The Kier molecular flexibility index (Phi) is 1.99. The summed E-state index contributed by atoms with van der Waals surface area (Å²) >= 11 is 3.32. The molecule has 0 aliphatic carbocycles.